The summed E-state index contributed by atoms with van der Waals surface area (Å²) in [6, 6.07) is 1.49. The van der Waals surface area contributed by atoms with Crippen LogP contribution >= 0.6 is 23.2 Å². The van der Waals surface area contributed by atoms with Crippen LogP contribution in [-0.2, 0) is 0 Å². The van der Waals surface area contributed by atoms with Gasteiger partial charge in [-0.05, 0) is 26.1 Å². The maximum atomic E-state index is 12.0. The summed E-state index contributed by atoms with van der Waals surface area (Å²) in [4.78, 5) is 20.6. The number of rotatable bonds is 5. The number of likely N-dealkylation sites (N-methyl/N-ethyl adjacent to an activating group) is 1. The van der Waals surface area contributed by atoms with Crippen LogP contribution in [0, 0.1) is 0 Å². The minimum atomic E-state index is -0.206. The molecule has 2 heterocycles. The van der Waals surface area contributed by atoms with E-state index in [1.807, 2.05) is 0 Å². The monoisotopic (exact) mass is 330 g/mol. The van der Waals surface area contributed by atoms with Crippen molar-refractivity contribution in [1.29, 1.82) is 0 Å². The molecule has 1 aromatic heterocycles. The van der Waals surface area contributed by atoms with Gasteiger partial charge in [-0.2, -0.15) is 0 Å². The molecule has 0 radical (unpaired) electrons. The third-order valence-electron chi connectivity index (χ3n) is 3.60. The molecule has 1 saturated heterocycles. The standard InChI is InChI=1S/C14H20Cl2N4O/c1-19-5-7-20(8-6-19)4-2-3-17-14(21)11-9-13(16)18-10-12(11)15/h9-10H,2-8H2,1H3,(H,17,21). The van der Waals surface area contributed by atoms with E-state index < -0.39 is 0 Å². The van der Waals surface area contributed by atoms with Crippen molar-refractivity contribution in [1.82, 2.24) is 20.1 Å². The highest BCUT2D eigenvalue weighted by molar-refractivity contribution is 6.35. The molecule has 1 N–H and O–H groups in total. The number of halogens is 2. The molecule has 1 fully saturated rings. The Morgan fingerprint density at radius 1 is 1.33 bits per heavy atom. The van der Waals surface area contributed by atoms with Gasteiger partial charge in [-0.25, -0.2) is 4.98 Å². The van der Waals surface area contributed by atoms with Gasteiger partial charge >= 0.3 is 0 Å². The normalized spacial score (nSPS) is 16.9. The Balaban J connectivity index is 1.71. The van der Waals surface area contributed by atoms with Gasteiger partial charge in [0.2, 0.25) is 0 Å². The molecule has 1 aromatic rings. The lowest BCUT2D eigenvalue weighted by Crippen LogP contribution is -2.45. The fraction of sp³-hybridized carbons (Fsp3) is 0.571. The van der Waals surface area contributed by atoms with E-state index >= 15 is 0 Å². The lowest BCUT2D eigenvalue weighted by molar-refractivity contribution is 0.0949. The molecule has 1 aliphatic heterocycles. The zero-order valence-corrected chi connectivity index (χ0v) is 13.6. The predicted octanol–water partition coefficient (Wildman–Crippen LogP) is 1.76. The van der Waals surface area contributed by atoms with Crippen molar-refractivity contribution in [2.24, 2.45) is 0 Å². The molecule has 116 valence electrons. The van der Waals surface area contributed by atoms with Crippen molar-refractivity contribution in [2.75, 3.05) is 46.3 Å². The van der Waals surface area contributed by atoms with Gasteiger partial charge in [-0.15, -0.1) is 0 Å². The van der Waals surface area contributed by atoms with Crippen molar-refractivity contribution >= 4 is 29.1 Å². The van der Waals surface area contributed by atoms with E-state index in [0.29, 0.717) is 17.1 Å². The van der Waals surface area contributed by atoms with Crippen LogP contribution < -0.4 is 5.32 Å². The lowest BCUT2D eigenvalue weighted by Gasteiger charge is -2.32. The summed E-state index contributed by atoms with van der Waals surface area (Å²) in [5.41, 5.74) is 0.372. The Kier molecular flexibility index (Phi) is 6.23. The van der Waals surface area contributed by atoms with Gasteiger partial charge < -0.3 is 15.1 Å². The van der Waals surface area contributed by atoms with Crippen LogP contribution in [0.3, 0.4) is 0 Å². The Bertz CT molecular complexity index is 490. The second kappa shape index (κ2) is 7.94. The molecule has 0 bridgehead atoms. The summed E-state index contributed by atoms with van der Waals surface area (Å²) >= 11 is 11.7. The van der Waals surface area contributed by atoms with E-state index in [9.17, 15) is 4.79 Å². The number of aromatic nitrogens is 1. The lowest BCUT2D eigenvalue weighted by atomic mass is 10.2. The van der Waals surface area contributed by atoms with Crippen molar-refractivity contribution < 1.29 is 4.79 Å². The van der Waals surface area contributed by atoms with Crippen LogP contribution in [0.1, 0.15) is 16.8 Å². The Labute approximate surface area is 135 Å². The largest absolute Gasteiger partial charge is 0.352 e. The summed E-state index contributed by atoms with van der Waals surface area (Å²) in [6.45, 7) is 6.03. The number of amides is 1. The quantitative estimate of drug-likeness (QED) is 0.660. The molecule has 0 aromatic carbocycles. The molecule has 0 atom stereocenters. The zero-order chi connectivity index (χ0) is 15.2. The fourth-order valence-electron chi connectivity index (χ4n) is 2.26. The van der Waals surface area contributed by atoms with E-state index in [2.05, 4.69) is 27.1 Å². The minimum absolute atomic E-state index is 0.206. The Morgan fingerprint density at radius 3 is 2.76 bits per heavy atom. The Hall–Kier alpha value is -0.880. The number of piperazine rings is 1. The summed E-state index contributed by atoms with van der Waals surface area (Å²) in [5.74, 6) is -0.206. The fourth-order valence-corrected chi connectivity index (χ4v) is 2.61. The maximum Gasteiger partial charge on any atom is 0.252 e. The molecule has 0 spiro atoms. The van der Waals surface area contributed by atoms with Gasteiger partial charge in [0.1, 0.15) is 5.15 Å². The highest BCUT2D eigenvalue weighted by atomic mass is 35.5. The first-order chi connectivity index (χ1) is 10.1. The van der Waals surface area contributed by atoms with E-state index in [-0.39, 0.29) is 11.1 Å². The third-order valence-corrected chi connectivity index (χ3v) is 4.11. The average Bonchev–Trinajstić information content (AvgIpc) is 2.47. The van der Waals surface area contributed by atoms with Gasteiger partial charge in [-0.3, -0.25) is 4.79 Å². The second-order valence-corrected chi connectivity index (χ2v) is 6.04. The smallest absolute Gasteiger partial charge is 0.252 e. The highest BCUT2D eigenvalue weighted by Gasteiger charge is 2.14. The number of carbonyl (C=O) groups is 1. The Morgan fingerprint density at radius 2 is 2.05 bits per heavy atom. The first-order valence-corrected chi connectivity index (χ1v) is 7.82. The van der Waals surface area contributed by atoms with E-state index in [1.54, 1.807) is 0 Å². The van der Waals surface area contributed by atoms with Crippen molar-refractivity contribution in [3.05, 3.63) is 28.0 Å². The molecular formula is C14H20Cl2N4O. The van der Waals surface area contributed by atoms with Crippen LogP contribution in [0.15, 0.2) is 12.3 Å². The van der Waals surface area contributed by atoms with Crippen LogP contribution in [0.5, 0.6) is 0 Å². The number of nitrogens with zero attached hydrogens (tertiary/aromatic N) is 3. The number of hydrogen-bond donors (Lipinski definition) is 1. The molecule has 0 aliphatic carbocycles. The molecule has 5 nitrogen and oxygen atoms in total. The molecule has 1 amide bonds. The van der Waals surface area contributed by atoms with Crippen LogP contribution in [-0.4, -0.2) is 67.0 Å². The highest BCUT2D eigenvalue weighted by Crippen LogP contribution is 2.17. The summed E-state index contributed by atoms with van der Waals surface area (Å²) in [6.07, 6.45) is 2.31. The topological polar surface area (TPSA) is 48.5 Å². The second-order valence-electron chi connectivity index (χ2n) is 5.24. The van der Waals surface area contributed by atoms with E-state index in [4.69, 9.17) is 23.2 Å². The number of carbonyl (C=O) groups excluding carboxylic acids is 1. The number of pyridine rings is 1. The summed E-state index contributed by atoms with van der Waals surface area (Å²) in [7, 11) is 2.14. The molecular weight excluding hydrogens is 311 g/mol. The molecule has 1 aliphatic rings. The van der Waals surface area contributed by atoms with Gasteiger partial charge in [0, 0.05) is 38.9 Å². The van der Waals surface area contributed by atoms with Crippen molar-refractivity contribution in [3.8, 4) is 0 Å². The first kappa shape index (κ1) is 16.5. The molecule has 2 rings (SSSR count). The van der Waals surface area contributed by atoms with E-state index in [1.165, 1.54) is 12.3 Å². The van der Waals surface area contributed by atoms with Gasteiger partial charge in [-0.1, -0.05) is 23.2 Å². The van der Waals surface area contributed by atoms with Gasteiger partial charge in [0.25, 0.3) is 5.91 Å². The summed E-state index contributed by atoms with van der Waals surface area (Å²) in [5, 5.41) is 3.45. The number of hydrogen-bond acceptors (Lipinski definition) is 4. The van der Waals surface area contributed by atoms with Crippen LogP contribution in [0.25, 0.3) is 0 Å². The first-order valence-electron chi connectivity index (χ1n) is 7.06. The average molecular weight is 331 g/mol. The van der Waals surface area contributed by atoms with Gasteiger partial charge in [0.05, 0.1) is 10.6 Å². The molecule has 21 heavy (non-hydrogen) atoms. The molecule has 0 saturated carbocycles. The molecule has 7 heteroatoms. The van der Waals surface area contributed by atoms with E-state index in [0.717, 1.165) is 39.1 Å². The predicted molar refractivity (Wildman–Crippen MR) is 85.1 cm³/mol. The van der Waals surface area contributed by atoms with Gasteiger partial charge in [0.15, 0.2) is 0 Å². The SMILES string of the molecule is CN1CCN(CCCNC(=O)c2cc(Cl)ncc2Cl)CC1. The summed E-state index contributed by atoms with van der Waals surface area (Å²) < 4.78 is 0. The number of nitrogens with one attached hydrogen (secondary N) is 1. The maximum absolute atomic E-state index is 12.0. The minimum Gasteiger partial charge on any atom is -0.352 e. The van der Waals surface area contributed by atoms with Crippen LogP contribution in [0.4, 0.5) is 0 Å². The van der Waals surface area contributed by atoms with Crippen LogP contribution in [0.2, 0.25) is 10.2 Å². The zero-order valence-electron chi connectivity index (χ0n) is 12.1. The van der Waals surface area contributed by atoms with Crippen molar-refractivity contribution in [3.63, 3.8) is 0 Å². The molecule has 0 unspecified atom stereocenters. The van der Waals surface area contributed by atoms with Crippen molar-refractivity contribution in [2.45, 2.75) is 6.42 Å². The third kappa shape index (κ3) is 5.11.